The van der Waals surface area contributed by atoms with Crippen molar-refractivity contribution in [3.05, 3.63) is 65.4 Å². The first kappa shape index (κ1) is 20.6. The third-order valence-corrected chi connectivity index (χ3v) is 5.69. The minimum atomic E-state index is -0.105. The third-order valence-electron chi connectivity index (χ3n) is 5.69. The van der Waals surface area contributed by atoms with Crippen LogP contribution in [-0.2, 0) is 17.6 Å². The number of para-hydroxylation sites is 1. The fourth-order valence-corrected chi connectivity index (χ4v) is 3.92. The van der Waals surface area contributed by atoms with E-state index in [1.807, 2.05) is 36.4 Å². The van der Waals surface area contributed by atoms with E-state index >= 15 is 0 Å². The maximum Gasteiger partial charge on any atom is 0.259 e. The Bertz CT molecular complexity index is 972. The molecular formula is C25H30N2O3. The number of anilines is 1. The summed E-state index contributed by atoms with van der Waals surface area (Å²) in [7, 11) is 0. The lowest BCUT2D eigenvalue weighted by Crippen LogP contribution is -2.37. The van der Waals surface area contributed by atoms with Crippen LogP contribution in [0.1, 0.15) is 41.4 Å². The molecule has 0 unspecified atom stereocenters. The number of carbonyl (C=O) groups excluding carboxylic acids is 1. The van der Waals surface area contributed by atoms with E-state index in [0.717, 1.165) is 80.9 Å². The summed E-state index contributed by atoms with van der Waals surface area (Å²) in [4.78, 5) is 15.5. The van der Waals surface area contributed by atoms with E-state index in [2.05, 4.69) is 29.3 Å². The lowest BCUT2D eigenvalue weighted by atomic mass is 10.1. The number of aryl methyl sites for hydroxylation is 1. The highest BCUT2D eigenvalue weighted by atomic mass is 16.5. The van der Waals surface area contributed by atoms with Gasteiger partial charge in [-0.3, -0.25) is 9.69 Å². The molecule has 2 heterocycles. The van der Waals surface area contributed by atoms with Crippen LogP contribution in [0.25, 0.3) is 11.0 Å². The number of rotatable bonds is 8. The molecule has 3 aromatic rings. The van der Waals surface area contributed by atoms with Gasteiger partial charge in [0.2, 0.25) is 0 Å². The maximum absolute atomic E-state index is 13.1. The molecule has 1 aromatic heterocycles. The highest BCUT2D eigenvalue weighted by Crippen LogP contribution is 2.28. The zero-order valence-corrected chi connectivity index (χ0v) is 17.7. The number of unbranched alkanes of at least 4 members (excludes halogenated alkanes) is 1. The molecular weight excluding hydrogens is 376 g/mol. The van der Waals surface area contributed by atoms with Crippen LogP contribution in [0.4, 0.5) is 5.69 Å². The zero-order valence-electron chi connectivity index (χ0n) is 17.7. The number of benzene rings is 2. The van der Waals surface area contributed by atoms with Gasteiger partial charge in [0, 0.05) is 37.1 Å². The van der Waals surface area contributed by atoms with E-state index < -0.39 is 0 Å². The van der Waals surface area contributed by atoms with E-state index in [-0.39, 0.29) is 5.91 Å². The molecule has 158 valence electrons. The number of nitrogens with one attached hydrogen (secondary N) is 1. The maximum atomic E-state index is 13.1. The second kappa shape index (κ2) is 9.92. The number of carbonyl (C=O) groups is 1. The Kier molecular flexibility index (Phi) is 6.82. The molecule has 1 aliphatic heterocycles. The number of furan rings is 1. The minimum Gasteiger partial charge on any atom is -0.460 e. The fourth-order valence-electron chi connectivity index (χ4n) is 3.92. The SMILES string of the molecule is CCCCc1oc2ccccc2c1C(=O)Nc1ccc(CCN2CCOCC2)cc1. The molecule has 1 saturated heterocycles. The summed E-state index contributed by atoms with van der Waals surface area (Å²) in [5.74, 6) is 0.671. The Morgan fingerprint density at radius 3 is 2.57 bits per heavy atom. The highest BCUT2D eigenvalue weighted by molar-refractivity contribution is 6.13. The first-order chi connectivity index (χ1) is 14.7. The van der Waals surface area contributed by atoms with Crippen molar-refractivity contribution in [1.82, 2.24) is 4.90 Å². The van der Waals surface area contributed by atoms with E-state index in [1.165, 1.54) is 5.56 Å². The highest BCUT2D eigenvalue weighted by Gasteiger charge is 2.20. The molecule has 0 aliphatic carbocycles. The summed E-state index contributed by atoms with van der Waals surface area (Å²) in [6.45, 7) is 6.85. The normalized spacial score (nSPS) is 14.8. The van der Waals surface area contributed by atoms with Gasteiger partial charge in [0.15, 0.2) is 0 Å². The van der Waals surface area contributed by atoms with E-state index in [0.29, 0.717) is 5.56 Å². The number of nitrogens with zero attached hydrogens (tertiary/aromatic N) is 1. The number of ether oxygens (including phenoxy) is 1. The van der Waals surface area contributed by atoms with Crippen molar-refractivity contribution >= 4 is 22.6 Å². The Labute approximate surface area is 178 Å². The molecule has 30 heavy (non-hydrogen) atoms. The molecule has 0 atom stereocenters. The third kappa shape index (κ3) is 4.91. The van der Waals surface area contributed by atoms with Crippen molar-refractivity contribution in [2.75, 3.05) is 38.2 Å². The first-order valence-corrected chi connectivity index (χ1v) is 11.0. The van der Waals surface area contributed by atoms with Crippen LogP contribution in [0.15, 0.2) is 52.9 Å². The quantitative estimate of drug-likeness (QED) is 0.578. The van der Waals surface area contributed by atoms with Crippen molar-refractivity contribution in [3.63, 3.8) is 0 Å². The fraction of sp³-hybridized carbons (Fsp3) is 0.400. The van der Waals surface area contributed by atoms with Crippen LogP contribution < -0.4 is 5.32 Å². The van der Waals surface area contributed by atoms with Crippen LogP contribution in [-0.4, -0.2) is 43.7 Å². The Morgan fingerprint density at radius 2 is 1.80 bits per heavy atom. The van der Waals surface area contributed by atoms with Crippen LogP contribution in [0.3, 0.4) is 0 Å². The summed E-state index contributed by atoms with van der Waals surface area (Å²) >= 11 is 0. The smallest absolute Gasteiger partial charge is 0.259 e. The molecule has 1 fully saturated rings. The van der Waals surface area contributed by atoms with Gasteiger partial charge in [-0.1, -0.05) is 43.7 Å². The summed E-state index contributed by atoms with van der Waals surface area (Å²) in [6, 6.07) is 15.9. The molecule has 4 rings (SSSR count). The Hall–Kier alpha value is -2.63. The minimum absolute atomic E-state index is 0.105. The first-order valence-electron chi connectivity index (χ1n) is 11.0. The largest absolute Gasteiger partial charge is 0.460 e. The van der Waals surface area contributed by atoms with Crippen LogP contribution in [0, 0.1) is 0 Å². The number of morpholine rings is 1. The molecule has 0 radical (unpaired) electrons. The lowest BCUT2D eigenvalue weighted by molar-refractivity contribution is 0.0384. The standard InChI is InChI=1S/C25H30N2O3/c1-2-3-7-23-24(21-6-4-5-8-22(21)30-23)25(28)26-20-11-9-19(10-12-20)13-14-27-15-17-29-18-16-27/h4-6,8-12H,2-3,7,13-18H2,1H3,(H,26,28). The molecule has 0 bridgehead atoms. The van der Waals surface area contributed by atoms with Gasteiger partial charge in [-0.2, -0.15) is 0 Å². The topological polar surface area (TPSA) is 54.7 Å². The monoisotopic (exact) mass is 406 g/mol. The molecule has 5 nitrogen and oxygen atoms in total. The Morgan fingerprint density at radius 1 is 1.03 bits per heavy atom. The van der Waals surface area contributed by atoms with Gasteiger partial charge >= 0.3 is 0 Å². The summed E-state index contributed by atoms with van der Waals surface area (Å²) in [6.07, 6.45) is 3.83. The van der Waals surface area contributed by atoms with Gasteiger partial charge in [-0.25, -0.2) is 0 Å². The summed E-state index contributed by atoms with van der Waals surface area (Å²) in [5.41, 5.74) is 3.52. The molecule has 5 heteroatoms. The average Bonchev–Trinajstić information content (AvgIpc) is 3.16. The zero-order chi connectivity index (χ0) is 20.8. The Balaban J connectivity index is 1.43. The van der Waals surface area contributed by atoms with Crippen molar-refractivity contribution < 1.29 is 13.9 Å². The van der Waals surface area contributed by atoms with Crippen molar-refractivity contribution in [2.45, 2.75) is 32.6 Å². The van der Waals surface area contributed by atoms with Gasteiger partial charge in [0.1, 0.15) is 11.3 Å². The predicted molar refractivity (Wildman–Crippen MR) is 120 cm³/mol. The van der Waals surface area contributed by atoms with E-state index in [1.54, 1.807) is 0 Å². The molecule has 2 aromatic carbocycles. The molecule has 1 aliphatic rings. The molecule has 1 amide bonds. The van der Waals surface area contributed by atoms with Crippen molar-refractivity contribution in [3.8, 4) is 0 Å². The summed E-state index contributed by atoms with van der Waals surface area (Å²) < 4.78 is 11.4. The van der Waals surface area contributed by atoms with Crippen LogP contribution in [0.5, 0.6) is 0 Å². The van der Waals surface area contributed by atoms with Crippen molar-refractivity contribution in [2.24, 2.45) is 0 Å². The number of amides is 1. The van der Waals surface area contributed by atoms with Crippen molar-refractivity contribution in [1.29, 1.82) is 0 Å². The van der Waals surface area contributed by atoms with E-state index in [9.17, 15) is 4.79 Å². The second-order valence-corrected chi connectivity index (χ2v) is 7.86. The van der Waals surface area contributed by atoms with Gasteiger partial charge in [0.25, 0.3) is 5.91 Å². The van der Waals surface area contributed by atoms with E-state index in [4.69, 9.17) is 9.15 Å². The number of fused-ring (bicyclic) bond motifs is 1. The van der Waals surface area contributed by atoms with Gasteiger partial charge in [-0.15, -0.1) is 0 Å². The van der Waals surface area contributed by atoms with Gasteiger partial charge in [-0.05, 0) is 36.6 Å². The molecule has 0 saturated carbocycles. The second-order valence-electron chi connectivity index (χ2n) is 7.86. The lowest BCUT2D eigenvalue weighted by Gasteiger charge is -2.26. The number of hydrogen-bond acceptors (Lipinski definition) is 4. The number of hydrogen-bond donors (Lipinski definition) is 1. The van der Waals surface area contributed by atoms with Crippen LogP contribution >= 0.6 is 0 Å². The predicted octanol–water partition coefficient (Wildman–Crippen LogP) is 4.90. The summed E-state index contributed by atoms with van der Waals surface area (Å²) in [5, 5.41) is 3.94. The van der Waals surface area contributed by atoms with Gasteiger partial charge in [0.05, 0.1) is 18.8 Å². The average molecular weight is 407 g/mol. The van der Waals surface area contributed by atoms with Crippen LogP contribution in [0.2, 0.25) is 0 Å². The van der Waals surface area contributed by atoms with Gasteiger partial charge < -0.3 is 14.5 Å². The molecule has 1 N–H and O–H groups in total. The molecule has 0 spiro atoms.